The van der Waals surface area contributed by atoms with Crippen molar-refractivity contribution in [3.8, 4) is 0 Å². The summed E-state index contributed by atoms with van der Waals surface area (Å²) in [7, 11) is 1.60. The molecule has 1 aromatic rings. The van der Waals surface area contributed by atoms with Crippen molar-refractivity contribution >= 4 is 5.91 Å². The second-order valence-electron chi connectivity index (χ2n) is 3.62. The third kappa shape index (κ3) is 3.63. The first-order valence-electron chi connectivity index (χ1n) is 5.19. The van der Waals surface area contributed by atoms with Gasteiger partial charge in [0.1, 0.15) is 5.69 Å². The fourth-order valence-electron chi connectivity index (χ4n) is 1.34. The zero-order valence-electron chi connectivity index (χ0n) is 9.64. The summed E-state index contributed by atoms with van der Waals surface area (Å²) < 4.78 is 6.71. The van der Waals surface area contributed by atoms with E-state index in [1.54, 1.807) is 24.2 Å². The number of nitrogens with one attached hydrogen (secondary N) is 1. The van der Waals surface area contributed by atoms with Crippen LogP contribution in [0, 0.1) is 0 Å². The summed E-state index contributed by atoms with van der Waals surface area (Å²) in [4.78, 5) is 15.7. The van der Waals surface area contributed by atoms with E-state index in [1.807, 2.05) is 6.92 Å². The van der Waals surface area contributed by atoms with E-state index in [9.17, 15) is 4.79 Å². The van der Waals surface area contributed by atoms with Gasteiger partial charge in [0.25, 0.3) is 5.91 Å². The van der Waals surface area contributed by atoms with E-state index in [0.29, 0.717) is 25.4 Å². The van der Waals surface area contributed by atoms with Crippen LogP contribution < -0.4 is 11.1 Å². The Kier molecular flexibility index (Phi) is 4.94. The van der Waals surface area contributed by atoms with Crippen LogP contribution in [0.15, 0.2) is 12.5 Å². The normalized spacial score (nSPS) is 12.4. The topological polar surface area (TPSA) is 82.2 Å². The molecule has 90 valence electrons. The predicted octanol–water partition coefficient (Wildman–Crippen LogP) is -0.393. The van der Waals surface area contributed by atoms with Crippen LogP contribution in [0.1, 0.15) is 17.4 Å². The molecule has 0 fully saturated rings. The summed E-state index contributed by atoms with van der Waals surface area (Å²) in [6.07, 6.45) is 3.28. The monoisotopic (exact) mass is 226 g/mol. The molecule has 1 rings (SSSR count). The standard InChI is InChI=1S/C10H18N4O2/c1-8(6-16-2)13-10(15)9-5-14(4-3-11)7-12-9/h5,7-8H,3-4,6,11H2,1-2H3,(H,13,15). The average Bonchev–Trinajstić information content (AvgIpc) is 2.67. The molecule has 0 saturated carbocycles. The van der Waals surface area contributed by atoms with Gasteiger partial charge in [-0.15, -0.1) is 0 Å². The Balaban J connectivity index is 2.52. The number of nitrogens with two attached hydrogens (primary N) is 1. The van der Waals surface area contributed by atoms with Crippen LogP contribution in [0.3, 0.4) is 0 Å². The second-order valence-corrected chi connectivity index (χ2v) is 3.62. The number of rotatable bonds is 6. The van der Waals surface area contributed by atoms with Gasteiger partial charge in [0, 0.05) is 32.4 Å². The molecule has 0 aliphatic carbocycles. The molecular formula is C10H18N4O2. The first-order valence-corrected chi connectivity index (χ1v) is 5.19. The molecule has 0 aromatic carbocycles. The van der Waals surface area contributed by atoms with E-state index in [0.717, 1.165) is 0 Å². The number of hydrogen-bond acceptors (Lipinski definition) is 4. The fraction of sp³-hybridized carbons (Fsp3) is 0.600. The Bertz CT molecular complexity index is 337. The Labute approximate surface area is 94.8 Å². The van der Waals surface area contributed by atoms with Gasteiger partial charge >= 0.3 is 0 Å². The van der Waals surface area contributed by atoms with Gasteiger partial charge in [-0.3, -0.25) is 4.79 Å². The zero-order valence-corrected chi connectivity index (χ0v) is 9.64. The third-order valence-corrected chi connectivity index (χ3v) is 2.05. The van der Waals surface area contributed by atoms with Crippen molar-refractivity contribution in [1.82, 2.24) is 14.9 Å². The minimum absolute atomic E-state index is 0.0304. The molecular weight excluding hydrogens is 208 g/mol. The lowest BCUT2D eigenvalue weighted by atomic mass is 10.3. The van der Waals surface area contributed by atoms with E-state index in [1.165, 1.54) is 0 Å². The van der Waals surface area contributed by atoms with Crippen molar-refractivity contribution < 1.29 is 9.53 Å². The summed E-state index contributed by atoms with van der Waals surface area (Å²) in [6, 6.07) is -0.0304. The highest BCUT2D eigenvalue weighted by Gasteiger charge is 2.11. The van der Waals surface area contributed by atoms with Gasteiger partial charge in [-0.2, -0.15) is 0 Å². The van der Waals surface area contributed by atoms with E-state index >= 15 is 0 Å². The van der Waals surface area contributed by atoms with Gasteiger partial charge in [-0.25, -0.2) is 4.98 Å². The van der Waals surface area contributed by atoms with Crippen molar-refractivity contribution in [2.75, 3.05) is 20.3 Å². The van der Waals surface area contributed by atoms with Crippen LogP contribution in [0.4, 0.5) is 0 Å². The van der Waals surface area contributed by atoms with E-state index < -0.39 is 0 Å². The molecule has 0 bridgehead atoms. The lowest BCUT2D eigenvalue weighted by Crippen LogP contribution is -2.35. The molecule has 0 aliphatic rings. The lowest BCUT2D eigenvalue weighted by Gasteiger charge is -2.11. The van der Waals surface area contributed by atoms with Crippen molar-refractivity contribution in [2.45, 2.75) is 19.5 Å². The Morgan fingerprint density at radius 2 is 2.50 bits per heavy atom. The van der Waals surface area contributed by atoms with E-state index in [4.69, 9.17) is 10.5 Å². The lowest BCUT2D eigenvalue weighted by molar-refractivity contribution is 0.0901. The molecule has 6 heteroatoms. The van der Waals surface area contributed by atoms with Crippen LogP contribution in [0.25, 0.3) is 0 Å². The molecule has 0 aliphatic heterocycles. The molecule has 1 unspecified atom stereocenters. The minimum atomic E-state index is -0.194. The predicted molar refractivity (Wildman–Crippen MR) is 60.1 cm³/mol. The van der Waals surface area contributed by atoms with Gasteiger partial charge in [0.15, 0.2) is 0 Å². The number of methoxy groups -OCH3 is 1. The van der Waals surface area contributed by atoms with Gasteiger partial charge in [-0.1, -0.05) is 0 Å². The van der Waals surface area contributed by atoms with Crippen LogP contribution in [0.2, 0.25) is 0 Å². The SMILES string of the molecule is COCC(C)NC(=O)c1cn(CCN)cn1. The zero-order chi connectivity index (χ0) is 12.0. The molecule has 1 aromatic heterocycles. The van der Waals surface area contributed by atoms with Crippen molar-refractivity contribution in [3.05, 3.63) is 18.2 Å². The van der Waals surface area contributed by atoms with Crippen molar-refractivity contribution in [1.29, 1.82) is 0 Å². The Morgan fingerprint density at radius 1 is 1.75 bits per heavy atom. The second kappa shape index (κ2) is 6.24. The summed E-state index contributed by atoms with van der Waals surface area (Å²) in [5.74, 6) is -0.194. The number of carbonyl (C=O) groups excluding carboxylic acids is 1. The van der Waals surface area contributed by atoms with Gasteiger partial charge in [0.05, 0.1) is 12.9 Å². The summed E-state index contributed by atoms with van der Waals surface area (Å²) >= 11 is 0. The van der Waals surface area contributed by atoms with Gasteiger partial charge in [-0.05, 0) is 6.92 Å². The number of nitrogens with zero attached hydrogens (tertiary/aromatic N) is 2. The maximum absolute atomic E-state index is 11.7. The van der Waals surface area contributed by atoms with Gasteiger partial charge < -0.3 is 20.4 Å². The molecule has 3 N–H and O–H groups in total. The summed E-state index contributed by atoms with van der Waals surface area (Å²) in [5.41, 5.74) is 5.80. The fourth-order valence-corrected chi connectivity index (χ4v) is 1.34. The number of amides is 1. The molecule has 0 saturated heterocycles. The largest absolute Gasteiger partial charge is 0.383 e. The van der Waals surface area contributed by atoms with Crippen LogP contribution in [0.5, 0.6) is 0 Å². The highest BCUT2D eigenvalue weighted by atomic mass is 16.5. The molecule has 1 atom stereocenters. The van der Waals surface area contributed by atoms with Crippen molar-refractivity contribution in [3.63, 3.8) is 0 Å². The molecule has 1 amide bonds. The quantitative estimate of drug-likeness (QED) is 0.692. The smallest absolute Gasteiger partial charge is 0.271 e. The number of hydrogen-bond donors (Lipinski definition) is 2. The molecule has 0 spiro atoms. The Morgan fingerprint density at radius 3 is 3.12 bits per heavy atom. The maximum Gasteiger partial charge on any atom is 0.271 e. The van der Waals surface area contributed by atoms with Crippen LogP contribution in [-0.2, 0) is 11.3 Å². The van der Waals surface area contributed by atoms with E-state index in [2.05, 4.69) is 10.3 Å². The molecule has 1 heterocycles. The van der Waals surface area contributed by atoms with Crippen LogP contribution in [-0.4, -0.2) is 41.8 Å². The Hall–Kier alpha value is -1.40. The maximum atomic E-state index is 11.7. The number of carbonyl (C=O) groups is 1. The first-order chi connectivity index (χ1) is 7.67. The van der Waals surface area contributed by atoms with Crippen molar-refractivity contribution in [2.24, 2.45) is 5.73 Å². The van der Waals surface area contributed by atoms with E-state index in [-0.39, 0.29) is 11.9 Å². The average molecular weight is 226 g/mol. The molecule has 6 nitrogen and oxygen atoms in total. The summed E-state index contributed by atoms with van der Waals surface area (Å²) in [6.45, 7) is 3.54. The number of aromatic nitrogens is 2. The van der Waals surface area contributed by atoms with Gasteiger partial charge in [0.2, 0.25) is 0 Å². The highest BCUT2D eigenvalue weighted by Crippen LogP contribution is 1.97. The first kappa shape index (κ1) is 12.7. The summed E-state index contributed by atoms with van der Waals surface area (Å²) in [5, 5.41) is 2.78. The molecule has 16 heavy (non-hydrogen) atoms. The van der Waals surface area contributed by atoms with Crippen LogP contribution >= 0.6 is 0 Å². The number of imidazole rings is 1. The number of ether oxygens (including phenoxy) is 1. The minimum Gasteiger partial charge on any atom is -0.383 e. The highest BCUT2D eigenvalue weighted by molar-refractivity contribution is 5.92. The molecule has 0 radical (unpaired) electrons. The third-order valence-electron chi connectivity index (χ3n) is 2.05.